The van der Waals surface area contributed by atoms with Gasteiger partial charge in [0.05, 0.1) is 12.2 Å². The minimum atomic E-state index is 0.0564. The van der Waals surface area contributed by atoms with E-state index in [0.29, 0.717) is 11.8 Å². The molecule has 0 spiro atoms. The molecule has 4 unspecified atom stereocenters. The van der Waals surface area contributed by atoms with Crippen LogP contribution in [0.15, 0.2) is 0 Å². The molecule has 116 valence electrons. The number of nitrogens with zero attached hydrogens (tertiary/aromatic N) is 1. The molecule has 0 bridgehead atoms. The van der Waals surface area contributed by atoms with E-state index in [1.807, 2.05) is 0 Å². The second-order valence-electron chi connectivity index (χ2n) is 7.40. The van der Waals surface area contributed by atoms with Crippen molar-refractivity contribution in [3.8, 4) is 0 Å². The Hall–Kier alpha value is -0.570. The van der Waals surface area contributed by atoms with Crippen molar-refractivity contribution in [3.63, 3.8) is 0 Å². The smallest absolute Gasteiger partial charge is 0.241 e. The zero-order valence-corrected chi connectivity index (χ0v) is 13.7. The van der Waals surface area contributed by atoms with Crippen molar-refractivity contribution >= 4 is 5.91 Å². The number of hydrogen-bond donors (Lipinski definition) is 1. The summed E-state index contributed by atoms with van der Waals surface area (Å²) in [5.41, 5.74) is 0. The normalized spacial score (nSPS) is 35.0. The molecule has 1 saturated carbocycles. The third-order valence-electron chi connectivity index (χ3n) is 4.94. The van der Waals surface area contributed by atoms with E-state index in [4.69, 9.17) is 0 Å². The number of carbonyl (C=O) groups is 1. The van der Waals surface area contributed by atoms with Gasteiger partial charge in [-0.3, -0.25) is 10.1 Å². The van der Waals surface area contributed by atoms with Crippen molar-refractivity contribution in [2.45, 2.75) is 78.4 Å². The van der Waals surface area contributed by atoms with Crippen LogP contribution in [0.4, 0.5) is 0 Å². The van der Waals surface area contributed by atoms with Crippen molar-refractivity contribution in [1.82, 2.24) is 10.2 Å². The first-order valence-electron chi connectivity index (χ1n) is 8.57. The molecule has 0 radical (unpaired) electrons. The van der Waals surface area contributed by atoms with Crippen LogP contribution in [0.25, 0.3) is 0 Å². The predicted molar refractivity (Wildman–Crippen MR) is 83.3 cm³/mol. The van der Waals surface area contributed by atoms with E-state index < -0.39 is 0 Å². The van der Waals surface area contributed by atoms with Gasteiger partial charge in [-0.05, 0) is 43.4 Å². The average Bonchev–Trinajstić information content (AvgIpc) is 2.67. The Morgan fingerprint density at radius 1 is 1.35 bits per heavy atom. The van der Waals surface area contributed by atoms with Gasteiger partial charge in [0.15, 0.2) is 0 Å². The summed E-state index contributed by atoms with van der Waals surface area (Å²) in [5.74, 6) is 2.48. The minimum Gasteiger partial charge on any atom is -0.326 e. The van der Waals surface area contributed by atoms with Crippen LogP contribution >= 0.6 is 0 Å². The molecule has 2 rings (SSSR count). The molecule has 2 fully saturated rings. The third-order valence-corrected chi connectivity index (χ3v) is 4.94. The quantitative estimate of drug-likeness (QED) is 0.837. The van der Waals surface area contributed by atoms with Gasteiger partial charge in [-0.2, -0.15) is 0 Å². The Morgan fingerprint density at radius 3 is 2.70 bits per heavy atom. The lowest BCUT2D eigenvalue weighted by Crippen LogP contribution is -2.40. The topological polar surface area (TPSA) is 32.3 Å². The number of carbonyl (C=O) groups excluding carboxylic acids is 1. The lowest BCUT2D eigenvalue weighted by atomic mass is 9.82. The molecular formula is C17H32N2O. The molecule has 2 aliphatic rings. The first-order chi connectivity index (χ1) is 9.51. The Kier molecular flexibility index (Phi) is 5.48. The summed E-state index contributed by atoms with van der Waals surface area (Å²) in [4.78, 5) is 14.8. The van der Waals surface area contributed by atoms with E-state index in [9.17, 15) is 4.79 Å². The highest BCUT2D eigenvalue weighted by atomic mass is 16.2. The van der Waals surface area contributed by atoms with Crippen LogP contribution in [0.1, 0.15) is 66.2 Å². The standard InChI is InChI=1S/C17H32N2O/c1-5-16-18-15(9-12(2)3)17(20)19(16)11-14-8-6-7-13(4)10-14/h12-16,18H,5-11H2,1-4H3. The van der Waals surface area contributed by atoms with Gasteiger partial charge in [0.1, 0.15) is 0 Å². The van der Waals surface area contributed by atoms with Gasteiger partial charge in [0.2, 0.25) is 5.91 Å². The zero-order valence-electron chi connectivity index (χ0n) is 13.7. The Labute approximate surface area is 124 Å². The summed E-state index contributed by atoms with van der Waals surface area (Å²) >= 11 is 0. The molecule has 4 atom stereocenters. The summed E-state index contributed by atoms with van der Waals surface area (Å²) < 4.78 is 0. The molecule has 20 heavy (non-hydrogen) atoms. The summed E-state index contributed by atoms with van der Waals surface area (Å²) in [6.07, 6.45) is 7.57. The first-order valence-corrected chi connectivity index (χ1v) is 8.57. The first kappa shape index (κ1) is 15.8. The molecule has 3 heteroatoms. The van der Waals surface area contributed by atoms with Crippen molar-refractivity contribution in [2.24, 2.45) is 17.8 Å². The van der Waals surface area contributed by atoms with Crippen LogP contribution in [0.2, 0.25) is 0 Å². The van der Waals surface area contributed by atoms with Crippen LogP contribution in [0.3, 0.4) is 0 Å². The summed E-state index contributed by atoms with van der Waals surface area (Å²) in [6, 6.07) is 0.0564. The highest BCUT2D eigenvalue weighted by Crippen LogP contribution is 2.31. The van der Waals surface area contributed by atoms with Gasteiger partial charge in [0, 0.05) is 6.54 Å². The lowest BCUT2D eigenvalue weighted by Gasteiger charge is -2.32. The maximum atomic E-state index is 12.6. The molecule has 1 heterocycles. The van der Waals surface area contributed by atoms with Crippen LogP contribution in [-0.2, 0) is 4.79 Å². The molecule has 1 N–H and O–H groups in total. The van der Waals surface area contributed by atoms with Crippen LogP contribution in [-0.4, -0.2) is 29.6 Å². The molecule has 0 aromatic carbocycles. The highest BCUT2D eigenvalue weighted by Gasteiger charge is 2.39. The van der Waals surface area contributed by atoms with Gasteiger partial charge >= 0.3 is 0 Å². The molecule has 3 nitrogen and oxygen atoms in total. The van der Waals surface area contributed by atoms with Gasteiger partial charge in [0.25, 0.3) is 0 Å². The molecule has 1 aliphatic heterocycles. The SMILES string of the molecule is CCC1NC(CC(C)C)C(=O)N1CC1CCCC(C)C1. The zero-order chi connectivity index (χ0) is 14.7. The van der Waals surface area contributed by atoms with Crippen LogP contribution < -0.4 is 5.32 Å². The Balaban J connectivity index is 1.96. The molecular weight excluding hydrogens is 248 g/mol. The number of amides is 1. The maximum absolute atomic E-state index is 12.6. The van der Waals surface area contributed by atoms with E-state index in [1.54, 1.807) is 0 Å². The average molecular weight is 280 g/mol. The monoisotopic (exact) mass is 280 g/mol. The number of hydrogen-bond acceptors (Lipinski definition) is 2. The second-order valence-corrected chi connectivity index (χ2v) is 7.40. The van der Waals surface area contributed by atoms with E-state index in [1.165, 1.54) is 25.7 Å². The van der Waals surface area contributed by atoms with Crippen molar-refractivity contribution in [2.75, 3.05) is 6.54 Å². The summed E-state index contributed by atoms with van der Waals surface area (Å²) in [7, 11) is 0. The molecule has 0 aromatic rings. The third kappa shape index (κ3) is 3.75. The fourth-order valence-electron chi connectivity index (χ4n) is 3.95. The van der Waals surface area contributed by atoms with Gasteiger partial charge in [-0.25, -0.2) is 0 Å². The van der Waals surface area contributed by atoms with Gasteiger partial charge in [-0.1, -0.05) is 40.5 Å². The molecule has 1 amide bonds. The predicted octanol–water partition coefficient (Wildman–Crippen LogP) is 3.40. The molecule has 1 saturated heterocycles. The minimum absolute atomic E-state index is 0.0564. The fraction of sp³-hybridized carbons (Fsp3) is 0.941. The van der Waals surface area contributed by atoms with Gasteiger partial charge in [-0.15, -0.1) is 0 Å². The van der Waals surface area contributed by atoms with Crippen LogP contribution in [0, 0.1) is 17.8 Å². The number of rotatable bonds is 5. The summed E-state index contributed by atoms with van der Waals surface area (Å²) in [6.45, 7) is 9.90. The number of nitrogens with one attached hydrogen (secondary N) is 1. The Morgan fingerprint density at radius 2 is 2.10 bits per heavy atom. The van der Waals surface area contributed by atoms with Gasteiger partial charge < -0.3 is 4.90 Å². The van der Waals surface area contributed by atoms with Crippen molar-refractivity contribution in [3.05, 3.63) is 0 Å². The van der Waals surface area contributed by atoms with E-state index in [0.717, 1.165) is 31.2 Å². The van der Waals surface area contributed by atoms with Crippen LogP contribution in [0.5, 0.6) is 0 Å². The van der Waals surface area contributed by atoms with E-state index >= 15 is 0 Å². The van der Waals surface area contributed by atoms with E-state index in [2.05, 4.69) is 37.9 Å². The van der Waals surface area contributed by atoms with Crippen molar-refractivity contribution in [1.29, 1.82) is 0 Å². The van der Waals surface area contributed by atoms with Crippen molar-refractivity contribution < 1.29 is 4.79 Å². The lowest BCUT2D eigenvalue weighted by molar-refractivity contribution is -0.131. The largest absolute Gasteiger partial charge is 0.326 e. The molecule has 0 aromatic heterocycles. The highest BCUT2D eigenvalue weighted by molar-refractivity contribution is 5.84. The fourth-order valence-corrected chi connectivity index (χ4v) is 3.95. The Bertz CT molecular complexity index is 329. The van der Waals surface area contributed by atoms with E-state index in [-0.39, 0.29) is 12.2 Å². The maximum Gasteiger partial charge on any atom is 0.241 e. The molecule has 1 aliphatic carbocycles. The second kappa shape index (κ2) is 6.93. The summed E-state index contributed by atoms with van der Waals surface area (Å²) in [5, 5.41) is 3.55.